The van der Waals surface area contributed by atoms with E-state index in [9.17, 15) is 15.5 Å². The van der Waals surface area contributed by atoms with Crippen LogP contribution in [0.4, 0.5) is 0 Å². The van der Waals surface area contributed by atoms with Gasteiger partial charge in [-0.05, 0) is 11.6 Å². The normalized spacial score (nSPS) is 25.2. The number of H-pyrrole nitrogens is 1. The third-order valence-electron chi connectivity index (χ3n) is 6.02. The van der Waals surface area contributed by atoms with E-state index >= 15 is 0 Å². The van der Waals surface area contributed by atoms with Crippen molar-refractivity contribution in [1.82, 2.24) is 9.97 Å². The number of halogens is 1. The number of benzene rings is 1. The minimum Gasteiger partial charge on any atom is -0.469 e. The number of nitriles is 1. The monoisotopic (exact) mass is 471 g/mol. The van der Waals surface area contributed by atoms with E-state index in [0.717, 1.165) is 5.56 Å². The van der Waals surface area contributed by atoms with Crippen LogP contribution in [0.3, 0.4) is 0 Å². The number of aromatic amines is 1. The molecule has 1 unspecified atom stereocenters. The molecule has 1 aromatic carbocycles. The van der Waals surface area contributed by atoms with Crippen molar-refractivity contribution in [2.75, 3.05) is 19.8 Å². The molecule has 33 heavy (non-hydrogen) atoms. The number of aliphatic hydroxyl groups excluding tert-OH is 3. The summed E-state index contributed by atoms with van der Waals surface area (Å²) >= 11 is 6.50. The number of fused-ring (bicyclic) bond motifs is 2. The van der Waals surface area contributed by atoms with E-state index in [1.54, 1.807) is 30.3 Å². The van der Waals surface area contributed by atoms with Gasteiger partial charge in [-0.2, -0.15) is 5.26 Å². The molecule has 2 aromatic heterocycles. The lowest BCUT2D eigenvalue weighted by atomic mass is 10.0. The molecule has 0 saturated carbocycles. The van der Waals surface area contributed by atoms with E-state index in [4.69, 9.17) is 30.9 Å². The van der Waals surface area contributed by atoms with Crippen LogP contribution in [0.25, 0.3) is 22.3 Å². The second-order valence-corrected chi connectivity index (χ2v) is 8.53. The fraction of sp³-hybridized carbons (Fsp3) is 0.391. The maximum atomic E-state index is 10.0. The zero-order chi connectivity index (χ0) is 23.1. The van der Waals surface area contributed by atoms with Crippen molar-refractivity contribution in [2.45, 2.75) is 36.9 Å². The van der Waals surface area contributed by atoms with Crippen LogP contribution in [0.15, 0.2) is 30.3 Å². The van der Waals surface area contributed by atoms with Crippen LogP contribution in [-0.2, 0) is 9.47 Å². The van der Waals surface area contributed by atoms with Crippen LogP contribution in [0.1, 0.15) is 23.7 Å². The zero-order valence-electron chi connectivity index (χ0n) is 17.4. The third kappa shape index (κ3) is 3.95. The number of nitrogens with one attached hydrogen (secondary N) is 1. The number of aliphatic hydroxyl groups is 3. The van der Waals surface area contributed by atoms with Gasteiger partial charge in [0.2, 0.25) is 5.88 Å². The lowest BCUT2D eigenvalue weighted by Crippen LogP contribution is -2.34. The van der Waals surface area contributed by atoms with Gasteiger partial charge in [0.15, 0.2) is 6.10 Å². The molecule has 2 fully saturated rings. The highest BCUT2D eigenvalue weighted by Crippen LogP contribution is 2.36. The Labute approximate surface area is 194 Å². The number of nitrogens with zero attached hydrogens (tertiary/aromatic N) is 2. The predicted molar refractivity (Wildman–Crippen MR) is 118 cm³/mol. The summed E-state index contributed by atoms with van der Waals surface area (Å²) in [7, 11) is 0. The highest BCUT2D eigenvalue weighted by molar-refractivity contribution is 6.33. The molecular formula is C23H22ClN3O6. The Kier molecular flexibility index (Phi) is 5.97. The van der Waals surface area contributed by atoms with Gasteiger partial charge in [-0.25, -0.2) is 4.98 Å². The maximum absolute atomic E-state index is 10.0. The molecule has 3 aromatic rings. The number of ether oxygens (including phenoxy) is 3. The number of aromatic nitrogens is 2. The van der Waals surface area contributed by atoms with E-state index < -0.39 is 30.5 Å². The SMILES string of the molecule is N#Cc1c(O[C@@H]2CO[C@H]3[C@@H]2OC[C@H]3O)[nH]c2cc(Cl)c(-c3ccc(C(O)CCO)cc3)nc12. The van der Waals surface area contributed by atoms with Crippen molar-refractivity contribution in [3.05, 3.63) is 46.5 Å². The van der Waals surface area contributed by atoms with Crippen LogP contribution in [0.5, 0.6) is 5.88 Å². The Balaban J connectivity index is 1.46. The first kappa shape index (κ1) is 22.1. The summed E-state index contributed by atoms with van der Waals surface area (Å²) in [4.78, 5) is 7.70. The van der Waals surface area contributed by atoms with E-state index in [2.05, 4.69) is 16.0 Å². The largest absolute Gasteiger partial charge is 0.469 e. The van der Waals surface area contributed by atoms with Gasteiger partial charge in [-0.1, -0.05) is 35.9 Å². The fourth-order valence-corrected chi connectivity index (χ4v) is 4.57. The molecule has 2 aliphatic rings. The van der Waals surface area contributed by atoms with Crippen LogP contribution in [0, 0.1) is 11.3 Å². The summed E-state index contributed by atoms with van der Waals surface area (Å²) in [6.07, 6.45) is -2.53. The van der Waals surface area contributed by atoms with Crippen molar-refractivity contribution in [2.24, 2.45) is 0 Å². The Morgan fingerprint density at radius 1 is 1.24 bits per heavy atom. The summed E-state index contributed by atoms with van der Waals surface area (Å²) in [5.74, 6) is 0.245. The summed E-state index contributed by atoms with van der Waals surface area (Å²) < 4.78 is 17.2. The van der Waals surface area contributed by atoms with Crippen molar-refractivity contribution < 1.29 is 29.5 Å². The topological polar surface area (TPSA) is 141 Å². The summed E-state index contributed by atoms with van der Waals surface area (Å²) in [6, 6.07) is 10.9. The average Bonchev–Trinajstić information content (AvgIpc) is 3.48. The molecule has 4 heterocycles. The molecule has 5 atom stereocenters. The fourth-order valence-electron chi connectivity index (χ4n) is 4.31. The Hall–Kier alpha value is -2.71. The van der Waals surface area contributed by atoms with Gasteiger partial charge in [0.1, 0.15) is 35.5 Å². The predicted octanol–water partition coefficient (Wildman–Crippen LogP) is 2.08. The summed E-state index contributed by atoms with van der Waals surface area (Å²) in [5, 5.41) is 39.2. The van der Waals surface area contributed by atoms with Gasteiger partial charge in [-0.15, -0.1) is 0 Å². The number of rotatable bonds is 6. The number of hydrogen-bond acceptors (Lipinski definition) is 8. The molecule has 0 amide bonds. The second kappa shape index (κ2) is 8.91. The van der Waals surface area contributed by atoms with E-state index in [1.807, 2.05) is 0 Å². The highest BCUT2D eigenvalue weighted by atomic mass is 35.5. The van der Waals surface area contributed by atoms with E-state index in [0.29, 0.717) is 27.3 Å². The zero-order valence-corrected chi connectivity index (χ0v) is 18.2. The number of pyridine rings is 1. The molecule has 0 spiro atoms. The smallest absolute Gasteiger partial charge is 0.212 e. The van der Waals surface area contributed by atoms with Crippen LogP contribution >= 0.6 is 11.6 Å². The van der Waals surface area contributed by atoms with Crippen molar-refractivity contribution in [3.63, 3.8) is 0 Å². The Morgan fingerprint density at radius 2 is 2.00 bits per heavy atom. The van der Waals surface area contributed by atoms with Gasteiger partial charge in [0, 0.05) is 18.6 Å². The van der Waals surface area contributed by atoms with Crippen LogP contribution < -0.4 is 4.74 Å². The molecule has 5 rings (SSSR count). The van der Waals surface area contributed by atoms with Gasteiger partial charge in [0.05, 0.1) is 35.6 Å². The lowest BCUT2D eigenvalue weighted by Gasteiger charge is -2.16. The first-order valence-electron chi connectivity index (χ1n) is 10.6. The molecule has 2 saturated heterocycles. The molecular weight excluding hydrogens is 450 g/mol. The first-order valence-corrected chi connectivity index (χ1v) is 11.0. The molecule has 10 heteroatoms. The van der Waals surface area contributed by atoms with E-state index in [1.165, 1.54) is 0 Å². The molecule has 0 bridgehead atoms. The summed E-state index contributed by atoms with van der Waals surface area (Å²) in [5.41, 5.74) is 3.08. The first-order chi connectivity index (χ1) is 16.0. The Bertz CT molecular complexity index is 1210. The minimum absolute atomic E-state index is 0.108. The van der Waals surface area contributed by atoms with Gasteiger partial charge in [0.25, 0.3) is 0 Å². The molecule has 0 radical (unpaired) electrons. The Morgan fingerprint density at radius 3 is 2.73 bits per heavy atom. The lowest BCUT2D eigenvalue weighted by molar-refractivity contribution is 0.00789. The second-order valence-electron chi connectivity index (χ2n) is 8.13. The van der Waals surface area contributed by atoms with Crippen LogP contribution in [0.2, 0.25) is 5.02 Å². The highest BCUT2D eigenvalue weighted by Gasteiger charge is 2.48. The molecule has 4 N–H and O–H groups in total. The van der Waals surface area contributed by atoms with Crippen molar-refractivity contribution >= 4 is 22.6 Å². The summed E-state index contributed by atoms with van der Waals surface area (Å²) in [6.45, 7) is 0.312. The van der Waals surface area contributed by atoms with Crippen LogP contribution in [-0.4, -0.2) is 69.5 Å². The average molecular weight is 472 g/mol. The minimum atomic E-state index is -0.756. The van der Waals surface area contributed by atoms with Gasteiger partial charge < -0.3 is 34.5 Å². The third-order valence-corrected chi connectivity index (χ3v) is 6.31. The maximum Gasteiger partial charge on any atom is 0.212 e. The quantitative estimate of drug-likeness (QED) is 0.428. The number of hydrogen-bond donors (Lipinski definition) is 4. The van der Waals surface area contributed by atoms with Crippen molar-refractivity contribution in [1.29, 1.82) is 5.26 Å². The standard InChI is InChI=1S/C23H22ClN3O6/c24-14-7-15-20(27-19(14)12-3-1-11(2-4-12)16(29)5-6-28)13(8-25)23(26-15)33-18-10-32-21-17(30)9-31-22(18)21/h1-4,7,16-18,21-22,26,28-30H,5-6,9-10H2/t16?,17-,18-,21-,22-/m1/s1. The van der Waals surface area contributed by atoms with Gasteiger partial charge >= 0.3 is 0 Å². The molecule has 172 valence electrons. The van der Waals surface area contributed by atoms with E-state index in [-0.39, 0.29) is 37.7 Å². The van der Waals surface area contributed by atoms with Crippen molar-refractivity contribution in [3.8, 4) is 23.2 Å². The molecule has 9 nitrogen and oxygen atoms in total. The molecule has 0 aliphatic carbocycles. The van der Waals surface area contributed by atoms with Gasteiger partial charge in [-0.3, -0.25) is 0 Å². The molecule has 2 aliphatic heterocycles.